The number of carbonyl (C=O) groups excluding carboxylic acids is 1. The third-order valence-electron chi connectivity index (χ3n) is 4.88. The number of ether oxygens (including phenoxy) is 1. The maximum Gasteiger partial charge on any atom is 0.144 e. The Morgan fingerprint density at radius 1 is 1.20 bits per heavy atom. The summed E-state index contributed by atoms with van der Waals surface area (Å²) in [5.74, 6) is 0.443. The average molecular weight is 337 g/mol. The van der Waals surface area contributed by atoms with E-state index in [-0.39, 0.29) is 11.5 Å². The quantitative estimate of drug-likeness (QED) is 0.803. The van der Waals surface area contributed by atoms with Crippen molar-refractivity contribution in [3.05, 3.63) is 34.3 Å². The van der Waals surface area contributed by atoms with Crippen LogP contribution in [0, 0.1) is 5.41 Å². The molecule has 2 saturated carbocycles. The zero-order valence-corrected chi connectivity index (χ0v) is 13.3. The first kappa shape index (κ1) is 14.3. The van der Waals surface area contributed by atoms with Gasteiger partial charge >= 0.3 is 0 Å². The predicted molar refractivity (Wildman–Crippen MR) is 82.5 cm³/mol. The molecule has 1 atom stereocenters. The SMILES string of the molecule is O=C1CC(OCc2cccc(Br)c2)C12CCCCCC2. The van der Waals surface area contributed by atoms with Gasteiger partial charge in [0.05, 0.1) is 18.1 Å². The third kappa shape index (κ3) is 2.71. The van der Waals surface area contributed by atoms with Gasteiger partial charge in [-0.2, -0.15) is 0 Å². The van der Waals surface area contributed by atoms with E-state index in [0.29, 0.717) is 18.8 Å². The molecule has 0 aromatic heterocycles. The van der Waals surface area contributed by atoms with Gasteiger partial charge < -0.3 is 4.74 Å². The Kier molecular flexibility index (Phi) is 4.27. The van der Waals surface area contributed by atoms with Crippen LogP contribution in [0.5, 0.6) is 0 Å². The number of carbonyl (C=O) groups is 1. The van der Waals surface area contributed by atoms with E-state index in [4.69, 9.17) is 4.74 Å². The van der Waals surface area contributed by atoms with Gasteiger partial charge in [-0.3, -0.25) is 4.79 Å². The number of benzene rings is 1. The fourth-order valence-corrected chi connectivity index (χ4v) is 4.06. The van der Waals surface area contributed by atoms with Crippen LogP contribution in [0.25, 0.3) is 0 Å². The van der Waals surface area contributed by atoms with Gasteiger partial charge in [-0.1, -0.05) is 53.7 Å². The van der Waals surface area contributed by atoms with Crippen molar-refractivity contribution in [3.8, 4) is 0 Å². The highest BCUT2D eigenvalue weighted by molar-refractivity contribution is 9.10. The van der Waals surface area contributed by atoms with Crippen molar-refractivity contribution in [2.75, 3.05) is 0 Å². The molecule has 108 valence electrons. The molecule has 2 aliphatic carbocycles. The number of rotatable bonds is 3. The lowest BCUT2D eigenvalue weighted by Gasteiger charge is -2.47. The number of halogens is 1. The second-order valence-corrected chi connectivity index (χ2v) is 7.04. The molecule has 0 bridgehead atoms. The summed E-state index contributed by atoms with van der Waals surface area (Å²) in [6.07, 6.45) is 7.75. The molecule has 20 heavy (non-hydrogen) atoms. The van der Waals surface area contributed by atoms with Crippen LogP contribution in [0.15, 0.2) is 28.7 Å². The highest BCUT2D eigenvalue weighted by atomic mass is 79.9. The molecule has 0 aliphatic heterocycles. The van der Waals surface area contributed by atoms with Crippen LogP contribution in [0.2, 0.25) is 0 Å². The normalized spacial score (nSPS) is 25.2. The summed E-state index contributed by atoms with van der Waals surface area (Å²) < 4.78 is 7.17. The van der Waals surface area contributed by atoms with Gasteiger partial charge in [0.25, 0.3) is 0 Å². The number of hydrogen-bond acceptors (Lipinski definition) is 2. The molecule has 0 radical (unpaired) electrons. The molecule has 1 spiro atoms. The van der Waals surface area contributed by atoms with Gasteiger partial charge in [-0.15, -0.1) is 0 Å². The van der Waals surface area contributed by atoms with E-state index < -0.39 is 0 Å². The standard InChI is InChI=1S/C17H21BrO2/c18-14-7-5-6-13(10-14)12-20-16-11-15(19)17(16)8-3-1-2-4-9-17/h5-7,10,16H,1-4,8-9,11-12H2. The van der Waals surface area contributed by atoms with Gasteiger partial charge in [-0.25, -0.2) is 0 Å². The van der Waals surface area contributed by atoms with E-state index >= 15 is 0 Å². The van der Waals surface area contributed by atoms with Crippen LogP contribution in [-0.4, -0.2) is 11.9 Å². The smallest absolute Gasteiger partial charge is 0.144 e. The lowest BCUT2D eigenvalue weighted by molar-refractivity contribution is -0.168. The Labute approximate surface area is 129 Å². The van der Waals surface area contributed by atoms with Crippen molar-refractivity contribution >= 4 is 21.7 Å². The van der Waals surface area contributed by atoms with E-state index in [9.17, 15) is 4.79 Å². The molecule has 0 saturated heterocycles. The minimum atomic E-state index is -0.136. The van der Waals surface area contributed by atoms with Crippen molar-refractivity contribution < 1.29 is 9.53 Å². The predicted octanol–water partition coefficient (Wildman–Crippen LogP) is 4.65. The van der Waals surface area contributed by atoms with E-state index in [1.165, 1.54) is 31.2 Å². The van der Waals surface area contributed by atoms with Crippen LogP contribution in [-0.2, 0) is 16.1 Å². The van der Waals surface area contributed by atoms with Crippen LogP contribution >= 0.6 is 15.9 Å². The molecule has 2 nitrogen and oxygen atoms in total. The second kappa shape index (κ2) is 5.98. The summed E-state index contributed by atoms with van der Waals surface area (Å²) in [6, 6.07) is 8.20. The summed E-state index contributed by atoms with van der Waals surface area (Å²) >= 11 is 3.48. The van der Waals surface area contributed by atoms with E-state index in [0.717, 1.165) is 17.3 Å². The molecule has 1 aromatic rings. The van der Waals surface area contributed by atoms with Crippen molar-refractivity contribution in [1.29, 1.82) is 0 Å². The van der Waals surface area contributed by atoms with E-state index in [2.05, 4.69) is 28.1 Å². The topological polar surface area (TPSA) is 26.3 Å². The molecule has 3 heteroatoms. The number of hydrogen-bond donors (Lipinski definition) is 0. The van der Waals surface area contributed by atoms with Crippen LogP contribution in [0.4, 0.5) is 0 Å². The first-order chi connectivity index (χ1) is 9.71. The lowest BCUT2D eigenvalue weighted by Crippen LogP contribution is -2.55. The molecule has 2 fully saturated rings. The Bertz CT molecular complexity index is 490. The summed E-state index contributed by atoms with van der Waals surface area (Å²) in [6.45, 7) is 0.610. The summed E-state index contributed by atoms with van der Waals surface area (Å²) in [5.41, 5.74) is 1.03. The molecule has 2 aliphatic rings. The zero-order chi connectivity index (χ0) is 14.0. The maximum absolute atomic E-state index is 12.1. The highest BCUT2D eigenvalue weighted by Crippen LogP contribution is 2.49. The van der Waals surface area contributed by atoms with Gasteiger partial charge in [0.15, 0.2) is 0 Å². The van der Waals surface area contributed by atoms with Crippen molar-refractivity contribution in [3.63, 3.8) is 0 Å². The Balaban J connectivity index is 1.64. The third-order valence-corrected chi connectivity index (χ3v) is 5.37. The fraction of sp³-hybridized carbons (Fsp3) is 0.588. The molecule has 3 rings (SSSR count). The van der Waals surface area contributed by atoms with Gasteiger partial charge in [-0.05, 0) is 30.5 Å². The molecular formula is C17H21BrO2. The minimum absolute atomic E-state index is 0.136. The van der Waals surface area contributed by atoms with E-state index in [1.54, 1.807) is 0 Å². The summed E-state index contributed by atoms with van der Waals surface area (Å²) in [7, 11) is 0. The fourth-order valence-electron chi connectivity index (χ4n) is 3.62. The molecule has 0 amide bonds. The largest absolute Gasteiger partial charge is 0.372 e. The number of Topliss-reactive ketones (excluding diaryl/α,β-unsaturated/α-hetero) is 1. The number of ketones is 1. The second-order valence-electron chi connectivity index (χ2n) is 6.13. The monoisotopic (exact) mass is 336 g/mol. The first-order valence-electron chi connectivity index (χ1n) is 7.60. The first-order valence-corrected chi connectivity index (χ1v) is 8.39. The molecule has 0 heterocycles. The van der Waals surface area contributed by atoms with Crippen LogP contribution in [0.1, 0.15) is 50.5 Å². The highest BCUT2D eigenvalue weighted by Gasteiger charge is 2.54. The minimum Gasteiger partial charge on any atom is -0.372 e. The Hall–Kier alpha value is -0.670. The van der Waals surface area contributed by atoms with Gasteiger partial charge in [0, 0.05) is 10.9 Å². The molecule has 0 N–H and O–H groups in total. The average Bonchev–Trinajstić information content (AvgIpc) is 2.71. The van der Waals surface area contributed by atoms with Crippen LogP contribution < -0.4 is 0 Å². The summed E-state index contributed by atoms with van der Waals surface area (Å²) in [4.78, 5) is 12.1. The molecular weight excluding hydrogens is 316 g/mol. The van der Waals surface area contributed by atoms with Crippen LogP contribution in [0.3, 0.4) is 0 Å². The van der Waals surface area contributed by atoms with E-state index in [1.807, 2.05) is 12.1 Å². The van der Waals surface area contributed by atoms with Gasteiger partial charge in [0.1, 0.15) is 5.78 Å². The molecule has 1 aromatic carbocycles. The maximum atomic E-state index is 12.1. The Morgan fingerprint density at radius 3 is 2.60 bits per heavy atom. The summed E-state index contributed by atoms with van der Waals surface area (Å²) in [5, 5.41) is 0. The Morgan fingerprint density at radius 2 is 1.95 bits per heavy atom. The van der Waals surface area contributed by atoms with Crippen molar-refractivity contribution in [2.45, 2.75) is 57.7 Å². The molecule has 1 unspecified atom stereocenters. The van der Waals surface area contributed by atoms with Gasteiger partial charge in [0.2, 0.25) is 0 Å². The zero-order valence-electron chi connectivity index (χ0n) is 11.7. The van der Waals surface area contributed by atoms with Crippen molar-refractivity contribution in [2.24, 2.45) is 5.41 Å². The lowest BCUT2D eigenvalue weighted by atomic mass is 9.60. The van der Waals surface area contributed by atoms with Crippen molar-refractivity contribution in [1.82, 2.24) is 0 Å².